The molecule has 188 valence electrons. The summed E-state index contributed by atoms with van der Waals surface area (Å²) in [5.74, 6) is -1.08. The Morgan fingerprint density at radius 2 is 2.03 bits per heavy atom. The van der Waals surface area contributed by atoms with Crippen LogP contribution in [0.5, 0.6) is 11.8 Å². The number of carbonyl (C=O) groups excluding carboxylic acids is 1. The summed E-state index contributed by atoms with van der Waals surface area (Å²) in [6, 6.07) is 4.44. The second kappa shape index (κ2) is 8.86. The maximum Gasteiger partial charge on any atom is 0.319 e. The Kier molecular flexibility index (Phi) is 5.62. The number of amides is 1. The molecule has 4 aromatic rings. The minimum atomic E-state index is -0.812. The Morgan fingerprint density at radius 3 is 2.84 bits per heavy atom. The van der Waals surface area contributed by atoms with Crippen LogP contribution in [0, 0.1) is 23.0 Å². The van der Waals surface area contributed by atoms with Crippen LogP contribution in [-0.4, -0.2) is 48.7 Å². The maximum absolute atomic E-state index is 16.5. The number of nitrogens with two attached hydrogens (primary N) is 1. The average Bonchev–Trinajstić information content (AvgIpc) is 3.10. The number of anilines is 2. The van der Waals surface area contributed by atoms with Gasteiger partial charge in [-0.25, -0.2) is 8.78 Å². The van der Waals surface area contributed by atoms with Crippen LogP contribution in [0.3, 0.4) is 0 Å². The molecule has 0 saturated carbocycles. The Balaban J connectivity index is 1.69. The first-order valence-corrected chi connectivity index (χ1v) is 12.5. The standard InChI is InChI=1S/C24H17ClF2N6O3S/c25-17-15(10-1-2-12(26)21-14(10)11(9-28)22(29)37-21)18(27)19-16-20(17)35-8-6-33-5-3-13(34)30-4-7-36-24(31-19)32-23(16)33/h1-2H,3-8,29H2,(H,30,34). The maximum atomic E-state index is 16.5. The van der Waals surface area contributed by atoms with Crippen molar-refractivity contribution < 1.29 is 23.0 Å². The highest BCUT2D eigenvalue weighted by Gasteiger charge is 2.32. The lowest BCUT2D eigenvalue weighted by Gasteiger charge is -2.22. The lowest BCUT2D eigenvalue weighted by molar-refractivity contribution is -0.121. The summed E-state index contributed by atoms with van der Waals surface area (Å²) >= 11 is 7.70. The molecule has 0 saturated heterocycles. The topological polar surface area (TPSA) is 126 Å². The molecule has 13 heteroatoms. The number of carbonyl (C=O) groups is 1. The molecule has 2 aliphatic heterocycles. The monoisotopic (exact) mass is 542 g/mol. The van der Waals surface area contributed by atoms with E-state index in [1.54, 1.807) is 4.90 Å². The molecule has 0 radical (unpaired) electrons. The number of halogens is 3. The Morgan fingerprint density at radius 1 is 1.19 bits per heavy atom. The number of benzene rings is 2. The number of nitrogen functional groups attached to an aromatic ring is 1. The van der Waals surface area contributed by atoms with Gasteiger partial charge >= 0.3 is 6.01 Å². The molecule has 0 atom stereocenters. The van der Waals surface area contributed by atoms with Crippen molar-refractivity contribution in [1.29, 1.82) is 5.26 Å². The van der Waals surface area contributed by atoms with Crippen LogP contribution in [0.15, 0.2) is 12.1 Å². The van der Waals surface area contributed by atoms with Crippen molar-refractivity contribution in [2.24, 2.45) is 0 Å². The third-order valence-corrected chi connectivity index (χ3v) is 7.70. The third-order valence-electron chi connectivity index (χ3n) is 6.31. The van der Waals surface area contributed by atoms with Crippen LogP contribution in [0.2, 0.25) is 5.02 Å². The number of nitriles is 1. The molecule has 3 N–H and O–H groups in total. The molecule has 2 bridgehead atoms. The molecule has 2 aliphatic rings. The van der Waals surface area contributed by atoms with Gasteiger partial charge in [-0.3, -0.25) is 4.79 Å². The molecule has 0 aliphatic carbocycles. The van der Waals surface area contributed by atoms with Crippen LogP contribution in [0.25, 0.3) is 32.1 Å². The molecule has 6 rings (SSSR count). The number of nitrogens with zero attached hydrogens (tertiary/aromatic N) is 4. The molecule has 0 spiro atoms. The van der Waals surface area contributed by atoms with E-state index in [-0.39, 0.29) is 91.5 Å². The summed E-state index contributed by atoms with van der Waals surface area (Å²) in [5.41, 5.74) is 5.98. The second-order valence-electron chi connectivity index (χ2n) is 8.42. The van der Waals surface area contributed by atoms with Crippen molar-refractivity contribution in [3.63, 3.8) is 0 Å². The van der Waals surface area contributed by atoms with E-state index in [2.05, 4.69) is 15.3 Å². The fourth-order valence-corrected chi connectivity index (χ4v) is 5.93. The van der Waals surface area contributed by atoms with Gasteiger partial charge in [0.05, 0.1) is 33.8 Å². The number of rotatable bonds is 1. The van der Waals surface area contributed by atoms with Gasteiger partial charge in [0.1, 0.15) is 41.4 Å². The first-order valence-electron chi connectivity index (χ1n) is 11.3. The molecule has 2 aromatic heterocycles. The van der Waals surface area contributed by atoms with E-state index >= 15 is 4.39 Å². The highest BCUT2D eigenvalue weighted by atomic mass is 35.5. The van der Waals surface area contributed by atoms with Gasteiger partial charge in [0, 0.05) is 23.9 Å². The largest absolute Gasteiger partial charge is 0.489 e. The van der Waals surface area contributed by atoms with Crippen LogP contribution in [0.1, 0.15) is 12.0 Å². The molecule has 1 amide bonds. The molecule has 0 fully saturated rings. The summed E-state index contributed by atoms with van der Waals surface area (Å²) in [4.78, 5) is 22.8. The van der Waals surface area contributed by atoms with Crippen molar-refractivity contribution in [2.45, 2.75) is 6.42 Å². The van der Waals surface area contributed by atoms with Crippen molar-refractivity contribution in [3.8, 4) is 29.0 Å². The zero-order valence-electron chi connectivity index (χ0n) is 19.0. The van der Waals surface area contributed by atoms with E-state index in [0.717, 1.165) is 11.3 Å². The fourth-order valence-electron chi connectivity index (χ4n) is 4.65. The fraction of sp³-hybridized carbons (Fsp3) is 0.250. The van der Waals surface area contributed by atoms with E-state index in [1.165, 1.54) is 12.1 Å². The van der Waals surface area contributed by atoms with Crippen molar-refractivity contribution in [1.82, 2.24) is 15.3 Å². The van der Waals surface area contributed by atoms with Gasteiger partial charge in [0.2, 0.25) is 5.91 Å². The van der Waals surface area contributed by atoms with Gasteiger partial charge in [-0.2, -0.15) is 15.2 Å². The first kappa shape index (κ1) is 23.4. The summed E-state index contributed by atoms with van der Waals surface area (Å²) < 4.78 is 42.9. The van der Waals surface area contributed by atoms with E-state index in [9.17, 15) is 14.4 Å². The molecule has 2 aromatic carbocycles. The highest BCUT2D eigenvalue weighted by Crippen LogP contribution is 2.50. The molecular weight excluding hydrogens is 526 g/mol. The van der Waals surface area contributed by atoms with E-state index in [4.69, 9.17) is 26.8 Å². The number of hydrogen-bond acceptors (Lipinski definition) is 9. The van der Waals surface area contributed by atoms with E-state index in [0.29, 0.717) is 18.9 Å². The number of aromatic nitrogens is 2. The minimum Gasteiger partial charge on any atom is -0.489 e. The van der Waals surface area contributed by atoms with Gasteiger partial charge < -0.3 is 25.4 Å². The smallest absolute Gasteiger partial charge is 0.319 e. The van der Waals surface area contributed by atoms with Gasteiger partial charge in [-0.1, -0.05) is 17.7 Å². The molecular formula is C24H17ClF2N6O3S. The predicted octanol–water partition coefficient (Wildman–Crippen LogP) is 3.99. The third kappa shape index (κ3) is 3.65. The first-order chi connectivity index (χ1) is 17.9. The van der Waals surface area contributed by atoms with Crippen LogP contribution in [0.4, 0.5) is 19.6 Å². The summed E-state index contributed by atoms with van der Waals surface area (Å²) in [5, 5.41) is 12.9. The van der Waals surface area contributed by atoms with Crippen LogP contribution >= 0.6 is 22.9 Å². The van der Waals surface area contributed by atoms with Crippen molar-refractivity contribution in [3.05, 3.63) is 34.4 Å². The SMILES string of the molecule is N#Cc1c(N)sc2c(F)ccc(-c3c(Cl)c4c5c6nc(nc5c3F)OCCNC(=O)CCN6CCO4)c12. The number of fused-ring (bicyclic) bond motifs is 2. The molecule has 4 heterocycles. The number of nitrogens with one attached hydrogen (secondary N) is 1. The predicted molar refractivity (Wildman–Crippen MR) is 135 cm³/mol. The van der Waals surface area contributed by atoms with Crippen molar-refractivity contribution >= 4 is 60.7 Å². The zero-order valence-corrected chi connectivity index (χ0v) is 20.6. The summed E-state index contributed by atoms with van der Waals surface area (Å²) in [6.07, 6.45) is 0.189. The number of thiophene rings is 1. The second-order valence-corrected chi connectivity index (χ2v) is 9.85. The lowest BCUT2D eigenvalue weighted by atomic mass is 9.96. The number of hydrogen-bond donors (Lipinski definition) is 2. The lowest BCUT2D eigenvalue weighted by Crippen LogP contribution is -2.33. The zero-order chi connectivity index (χ0) is 25.8. The minimum absolute atomic E-state index is 0.0333. The van der Waals surface area contributed by atoms with Crippen molar-refractivity contribution in [2.75, 3.05) is 43.5 Å². The quantitative estimate of drug-likeness (QED) is 0.370. The van der Waals surface area contributed by atoms with E-state index in [1.807, 2.05) is 6.07 Å². The average molecular weight is 543 g/mol. The van der Waals surface area contributed by atoms with Gasteiger partial charge in [0.25, 0.3) is 0 Å². The normalized spacial score (nSPS) is 15.5. The van der Waals surface area contributed by atoms with Gasteiger partial charge in [0.15, 0.2) is 11.6 Å². The highest BCUT2D eigenvalue weighted by molar-refractivity contribution is 7.23. The Labute approximate surface area is 217 Å². The number of ether oxygens (including phenoxy) is 2. The van der Waals surface area contributed by atoms with Crippen LogP contribution < -0.4 is 25.4 Å². The molecule has 37 heavy (non-hydrogen) atoms. The van der Waals surface area contributed by atoms with Gasteiger partial charge in [-0.05, 0) is 11.6 Å². The Bertz CT molecular complexity index is 1670. The Hall–Kier alpha value is -3.95. The van der Waals surface area contributed by atoms with Gasteiger partial charge in [-0.15, -0.1) is 11.3 Å². The summed E-state index contributed by atoms with van der Waals surface area (Å²) in [7, 11) is 0. The summed E-state index contributed by atoms with van der Waals surface area (Å²) in [6.45, 7) is 1.14. The molecule has 9 nitrogen and oxygen atoms in total. The van der Waals surface area contributed by atoms with Crippen LogP contribution in [-0.2, 0) is 4.79 Å². The van der Waals surface area contributed by atoms with E-state index < -0.39 is 11.6 Å². The molecule has 0 unspecified atom stereocenters.